The van der Waals surface area contributed by atoms with E-state index in [2.05, 4.69) is 25.9 Å². The number of pyridine rings is 2. The molecule has 34 heavy (non-hydrogen) atoms. The van der Waals surface area contributed by atoms with Gasteiger partial charge in [-0.2, -0.15) is 0 Å². The molecule has 0 radical (unpaired) electrons. The number of ether oxygens (including phenoxy) is 2. The van der Waals surface area contributed by atoms with E-state index in [1.54, 1.807) is 18.3 Å². The molecule has 178 valence electrons. The topological polar surface area (TPSA) is 123 Å². The summed E-state index contributed by atoms with van der Waals surface area (Å²) < 4.78 is 40.2. The zero-order valence-electron chi connectivity index (χ0n) is 18.5. The summed E-state index contributed by atoms with van der Waals surface area (Å²) in [4.78, 5) is 20.6. The Morgan fingerprint density at radius 1 is 1.29 bits per heavy atom. The first-order chi connectivity index (χ1) is 16.3. The Balaban J connectivity index is 1.44. The van der Waals surface area contributed by atoms with Gasteiger partial charge in [0, 0.05) is 42.0 Å². The van der Waals surface area contributed by atoms with Gasteiger partial charge in [0.2, 0.25) is 5.88 Å². The summed E-state index contributed by atoms with van der Waals surface area (Å²) in [6, 6.07) is 3.18. The molecule has 2 aliphatic heterocycles. The third-order valence-corrected chi connectivity index (χ3v) is 6.12. The Hall–Kier alpha value is -3.73. The molecule has 1 unspecified atom stereocenters. The average molecular weight is 470 g/mol. The number of aromatic nitrogens is 2. The van der Waals surface area contributed by atoms with Gasteiger partial charge >= 0.3 is 6.09 Å². The second-order valence-corrected chi connectivity index (χ2v) is 8.47. The van der Waals surface area contributed by atoms with Gasteiger partial charge in [0.1, 0.15) is 24.7 Å². The molecule has 4 heterocycles. The van der Waals surface area contributed by atoms with Crippen molar-refractivity contribution in [3.8, 4) is 17.0 Å². The second kappa shape index (κ2) is 8.56. The number of halogens is 2. The van der Waals surface area contributed by atoms with E-state index in [1.165, 1.54) is 6.20 Å². The fraction of sp³-hybridized carbons (Fsp3) is 0.348. The minimum Gasteiger partial charge on any atom is -0.474 e. The number of nitrogens with zero attached hydrogens (tertiary/aromatic N) is 2. The van der Waals surface area contributed by atoms with Gasteiger partial charge in [-0.3, -0.25) is 5.32 Å². The smallest absolute Gasteiger partial charge is 0.412 e. The molecule has 0 aliphatic carbocycles. The summed E-state index contributed by atoms with van der Waals surface area (Å²) in [5.41, 5.74) is 6.77. The summed E-state index contributed by atoms with van der Waals surface area (Å²) in [5, 5.41) is 9.57. The van der Waals surface area contributed by atoms with Crippen LogP contribution in [0.25, 0.3) is 21.9 Å². The molecule has 0 spiro atoms. The Morgan fingerprint density at radius 2 is 2.15 bits per heavy atom. The molecule has 0 bridgehead atoms. The Labute approximate surface area is 194 Å². The van der Waals surface area contributed by atoms with Crippen LogP contribution in [0.4, 0.5) is 30.8 Å². The maximum Gasteiger partial charge on any atom is 0.412 e. The SMILES string of the molecule is Cc1c(-c2cc3cc(NC(=O)OCC4(F)CCNC4)ncc3c(N)c2F)cnc2c1NCCO2. The summed E-state index contributed by atoms with van der Waals surface area (Å²) >= 11 is 0. The van der Waals surface area contributed by atoms with Crippen LogP contribution in [-0.4, -0.2) is 54.6 Å². The van der Waals surface area contributed by atoms with Gasteiger partial charge in [0.05, 0.1) is 5.69 Å². The number of anilines is 3. The summed E-state index contributed by atoms with van der Waals surface area (Å²) in [7, 11) is 0. The van der Waals surface area contributed by atoms with Gasteiger partial charge in [0.25, 0.3) is 0 Å². The second-order valence-electron chi connectivity index (χ2n) is 8.47. The number of hydrogen-bond acceptors (Lipinski definition) is 8. The van der Waals surface area contributed by atoms with Crippen LogP contribution < -0.4 is 26.4 Å². The van der Waals surface area contributed by atoms with Crippen molar-refractivity contribution in [2.45, 2.75) is 19.0 Å². The lowest BCUT2D eigenvalue weighted by Gasteiger charge is -2.22. The molecular formula is C23H24F2N6O3. The van der Waals surface area contributed by atoms with Crippen LogP contribution in [0, 0.1) is 12.7 Å². The van der Waals surface area contributed by atoms with Crippen molar-refractivity contribution in [3.63, 3.8) is 0 Å². The third-order valence-electron chi connectivity index (χ3n) is 6.12. The van der Waals surface area contributed by atoms with Crippen LogP contribution in [0.3, 0.4) is 0 Å². The molecule has 9 nitrogen and oxygen atoms in total. The van der Waals surface area contributed by atoms with Crippen LogP contribution in [-0.2, 0) is 4.74 Å². The number of benzene rings is 1. The lowest BCUT2D eigenvalue weighted by molar-refractivity contribution is 0.0684. The monoisotopic (exact) mass is 470 g/mol. The maximum atomic E-state index is 15.3. The van der Waals surface area contributed by atoms with Crippen molar-refractivity contribution in [2.24, 2.45) is 0 Å². The van der Waals surface area contributed by atoms with E-state index in [1.807, 2.05) is 6.92 Å². The number of amides is 1. The van der Waals surface area contributed by atoms with Crippen molar-refractivity contribution in [1.29, 1.82) is 0 Å². The number of nitrogen functional groups attached to an aromatic ring is 1. The van der Waals surface area contributed by atoms with Gasteiger partial charge in [-0.1, -0.05) is 0 Å². The normalized spacial score (nSPS) is 19.3. The molecule has 1 aromatic carbocycles. The fourth-order valence-electron chi connectivity index (χ4n) is 4.23. The number of hydrogen-bond donors (Lipinski definition) is 4. The highest BCUT2D eigenvalue weighted by molar-refractivity contribution is 5.99. The molecule has 1 saturated heterocycles. The number of alkyl halides is 1. The van der Waals surface area contributed by atoms with Gasteiger partial charge in [-0.25, -0.2) is 23.5 Å². The number of carbonyl (C=O) groups is 1. The highest BCUT2D eigenvalue weighted by atomic mass is 19.1. The molecule has 5 N–H and O–H groups in total. The van der Waals surface area contributed by atoms with Crippen LogP contribution in [0.2, 0.25) is 0 Å². The van der Waals surface area contributed by atoms with Crippen molar-refractivity contribution >= 4 is 34.1 Å². The standard InChI is InChI=1S/C23H24F2N6O3/c1-12-15(8-30-21-20(12)28-4-5-33-21)14-6-13-7-17(29-9-16(13)19(26)18(14)24)31-22(32)34-11-23(25)2-3-27-10-23/h6-9,27-28H,2-5,10-11,26H2,1H3,(H,29,31,32). The zero-order valence-corrected chi connectivity index (χ0v) is 18.5. The van der Waals surface area contributed by atoms with Crippen LogP contribution in [0.1, 0.15) is 12.0 Å². The van der Waals surface area contributed by atoms with E-state index < -0.39 is 17.6 Å². The molecule has 2 aliphatic rings. The Morgan fingerprint density at radius 3 is 2.94 bits per heavy atom. The van der Waals surface area contributed by atoms with E-state index in [4.69, 9.17) is 15.2 Å². The van der Waals surface area contributed by atoms with Crippen LogP contribution in [0.15, 0.2) is 24.5 Å². The van der Waals surface area contributed by atoms with Crippen molar-refractivity contribution in [2.75, 3.05) is 49.2 Å². The van der Waals surface area contributed by atoms with Gasteiger partial charge in [-0.05, 0) is 43.0 Å². The summed E-state index contributed by atoms with van der Waals surface area (Å²) in [6.45, 7) is 3.30. The molecule has 1 atom stereocenters. The lowest BCUT2D eigenvalue weighted by Crippen LogP contribution is -2.34. The molecule has 0 saturated carbocycles. The van der Waals surface area contributed by atoms with Crippen molar-refractivity contribution < 1.29 is 23.0 Å². The third kappa shape index (κ3) is 4.03. The molecule has 1 fully saturated rings. The Bertz CT molecular complexity index is 1280. The quantitative estimate of drug-likeness (QED) is 0.428. The number of carbonyl (C=O) groups excluding carboxylic acids is 1. The average Bonchev–Trinajstić information content (AvgIpc) is 3.27. The van der Waals surface area contributed by atoms with Crippen LogP contribution >= 0.6 is 0 Å². The van der Waals surface area contributed by atoms with E-state index in [-0.39, 0.29) is 36.6 Å². The van der Waals surface area contributed by atoms with Crippen molar-refractivity contribution in [3.05, 3.63) is 35.9 Å². The number of rotatable bonds is 4. The Kier molecular flexibility index (Phi) is 5.56. The maximum absolute atomic E-state index is 15.3. The highest BCUT2D eigenvalue weighted by Crippen LogP contribution is 2.39. The first-order valence-corrected chi connectivity index (χ1v) is 10.9. The first kappa shape index (κ1) is 22.1. The highest BCUT2D eigenvalue weighted by Gasteiger charge is 2.35. The largest absolute Gasteiger partial charge is 0.474 e. The summed E-state index contributed by atoms with van der Waals surface area (Å²) in [5.74, 6) is 0.0518. The minimum atomic E-state index is -1.57. The molecular weight excluding hydrogens is 446 g/mol. The number of nitrogens with two attached hydrogens (primary N) is 1. The predicted molar refractivity (Wildman–Crippen MR) is 124 cm³/mol. The molecule has 3 aromatic rings. The van der Waals surface area contributed by atoms with Crippen LogP contribution in [0.5, 0.6) is 5.88 Å². The van der Waals surface area contributed by atoms with Gasteiger partial charge in [0.15, 0.2) is 11.5 Å². The minimum absolute atomic E-state index is 0.0661. The zero-order chi connectivity index (χ0) is 23.9. The molecule has 5 rings (SSSR count). The number of nitrogens with one attached hydrogen (secondary N) is 3. The lowest BCUT2D eigenvalue weighted by atomic mass is 9.97. The van der Waals surface area contributed by atoms with E-state index >= 15 is 4.39 Å². The van der Waals surface area contributed by atoms with Gasteiger partial charge < -0.3 is 25.8 Å². The fourth-order valence-corrected chi connectivity index (χ4v) is 4.23. The van der Waals surface area contributed by atoms with E-state index in [9.17, 15) is 9.18 Å². The van der Waals surface area contributed by atoms with E-state index in [0.29, 0.717) is 47.6 Å². The molecule has 2 aromatic heterocycles. The van der Waals surface area contributed by atoms with Crippen molar-refractivity contribution in [1.82, 2.24) is 15.3 Å². The number of fused-ring (bicyclic) bond motifs is 2. The van der Waals surface area contributed by atoms with Gasteiger partial charge in [-0.15, -0.1) is 0 Å². The summed E-state index contributed by atoms with van der Waals surface area (Å²) in [6.07, 6.45) is 2.37. The first-order valence-electron chi connectivity index (χ1n) is 10.9. The predicted octanol–water partition coefficient (Wildman–Crippen LogP) is 3.38. The molecule has 11 heteroatoms. The molecule has 1 amide bonds. The van der Waals surface area contributed by atoms with E-state index in [0.717, 1.165) is 5.56 Å².